The molecule has 20 heavy (non-hydrogen) atoms. The highest BCUT2D eigenvalue weighted by molar-refractivity contribution is 14.1. The largest absolute Gasteiger partial charge is 0.317 e. The maximum absolute atomic E-state index is 11.9. The Morgan fingerprint density at radius 2 is 2.15 bits per heavy atom. The fraction of sp³-hybridized carbons (Fsp3) is 0.308. The number of fused-ring (bicyclic) bond motifs is 1. The average Bonchev–Trinajstić information content (AvgIpc) is 2.46. The first-order valence-corrected chi connectivity index (χ1v) is 8.28. The molecule has 1 fully saturated rings. The maximum Gasteiger partial charge on any atom is 0.248 e. The van der Waals surface area contributed by atoms with E-state index in [1.165, 1.54) is 0 Å². The van der Waals surface area contributed by atoms with Gasteiger partial charge in [0.05, 0.1) is 0 Å². The van der Waals surface area contributed by atoms with Crippen molar-refractivity contribution in [3.05, 3.63) is 41.9 Å². The van der Waals surface area contributed by atoms with Crippen molar-refractivity contribution >= 4 is 44.0 Å². The molecular weight excluding hydrogens is 389 g/mol. The van der Waals surface area contributed by atoms with E-state index in [4.69, 9.17) is 5.73 Å². The lowest BCUT2D eigenvalue weighted by atomic mass is 10.0. The van der Waals surface area contributed by atoms with Crippen molar-refractivity contribution < 1.29 is 14.2 Å². The number of halogens is 1. The fourth-order valence-corrected chi connectivity index (χ4v) is 4.36. The lowest BCUT2D eigenvalue weighted by Crippen LogP contribution is -2.68. The highest BCUT2D eigenvalue weighted by atomic mass is 127. The number of carbonyl (C=O) groups is 2. The van der Waals surface area contributed by atoms with E-state index in [9.17, 15) is 9.59 Å². The summed E-state index contributed by atoms with van der Waals surface area (Å²) in [4.78, 5) is 25.4. The van der Waals surface area contributed by atoms with Crippen molar-refractivity contribution in [2.24, 2.45) is 5.73 Å². The zero-order valence-electron chi connectivity index (χ0n) is 10.5. The molecule has 1 amide bonds. The van der Waals surface area contributed by atoms with Crippen molar-refractivity contribution in [2.75, 3.05) is 5.75 Å². The van der Waals surface area contributed by atoms with E-state index in [1.807, 2.05) is 35.2 Å². The average molecular weight is 402 g/mol. The summed E-state index contributed by atoms with van der Waals surface area (Å²) in [7, 11) is 0. The normalized spacial score (nSPS) is 25.3. The summed E-state index contributed by atoms with van der Waals surface area (Å²) >= 11 is 3.37. The summed E-state index contributed by atoms with van der Waals surface area (Å²) in [6.45, 7) is 0.615. The molecule has 1 aromatic rings. The minimum atomic E-state index is -0.475. The third-order valence-electron chi connectivity index (χ3n) is 3.43. The molecule has 5 nitrogen and oxygen atoms in total. The van der Waals surface area contributed by atoms with Gasteiger partial charge in [0, 0.05) is 46.0 Å². The van der Waals surface area contributed by atoms with Gasteiger partial charge >= 0.3 is 0 Å². The Morgan fingerprint density at radius 3 is 2.80 bits per heavy atom. The number of amides is 1. The molecule has 0 aliphatic carbocycles. The van der Waals surface area contributed by atoms with Crippen LogP contribution in [0.2, 0.25) is 0 Å². The number of nitrogens with two attached hydrogens (primary N) is 1. The van der Waals surface area contributed by atoms with Crippen molar-refractivity contribution in [3.63, 3.8) is 0 Å². The number of hydrogen-bond acceptors (Lipinski definition) is 4. The first-order valence-electron chi connectivity index (χ1n) is 6.16. The molecule has 7 heteroatoms. The van der Waals surface area contributed by atoms with E-state index >= 15 is 0 Å². The SMILES string of the molecule is NC1C(=O)N2C(C(=O)I)=C(C[n+]3ccccc3)CS[C@@H]12. The first kappa shape index (κ1) is 14.0. The zero-order chi connectivity index (χ0) is 14.3. The number of β-lactam (4-membered cyclic amide) rings is 1. The summed E-state index contributed by atoms with van der Waals surface area (Å²) < 4.78 is 1.90. The van der Waals surface area contributed by atoms with Gasteiger partial charge in [-0.15, -0.1) is 11.8 Å². The lowest BCUT2D eigenvalue weighted by molar-refractivity contribution is -0.689. The monoisotopic (exact) mass is 402 g/mol. The van der Waals surface area contributed by atoms with E-state index in [-0.39, 0.29) is 15.1 Å². The fourth-order valence-electron chi connectivity index (χ4n) is 2.44. The minimum Gasteiger partial charge on any atom is -0.317 e. The van der Waals surface area contributed by atoms with Crippen LogP contribution in [0.3, 0.4) is 0 Å². The molecule has 3 rings (SSSR count). The second-order valence-corrected chi connectivity index (χ2v) is 6.79. The third kappa shape index (κ3) is 2.27. The van der Waals surface area contributed by atoms with Gasteiger partial charge < -0.3 is 5.73 Å². The van der Waals surface area contributed by atoms with E-state index in [0.29, 0.717) is 12.2 Å². The molecule has 1 saturated heterocycles. The molecule has 2 atom stereocenters. The van der Waals surface area contributed by atoms with Crippen LogP contribution in [0.1, 0.15) is 0 Å². The number of allylic oxidation sites excluding steroid dienone is 1. The number of nitrogens with zero attached hydrogens (tertiary/aromatic N) is 2. The second-order valence-electron chi connectivity index (χ2n) is 4.71. The van der Waals surface area contributed by atoms with Gasteiger partial charge in [-0.2, -0.15) is 0 Å². The summed E-state index contributed by atoms with van der Waals surface area (Å²) in [5, 5.41) is -0.0826. The van der Waals surface area contributed by atoms with Gasteiger partial charge in [-0.1, -0.05) is 6.07 Å². The molecule has 0 radical (unpaired) electrons. The number of aromatic nitrogens is 1. The zero-order valence-corrected chi connectivity index (χ0v) is 13.5. The van der Waals surface area contributed by atoms with Crippen LogP contribution in [-0.2, 0) is 16.1 Å². The summed E-state index contributed by atoms with van der Waals surface area (Å²) in [5.74, 6) is 0.575. The Labute approximate surface area is 134 Å². The summed E-state index contributed by atoms with van der Waals surface area (Å²) in [6, 6.07) is 5.35. The predicted molar refractivity (Wildman–Crippen MR) is 83.8 cm³/mol. The maximum atomic E-state index is 11.9. The van der Waals surface area contributed by atoms with Crippen LogP contribution in [0.5, 0.6) is 0 Å². The van der Waals surface area contributed by atoms with Crippen molar-refractivity contribution in [3.8, 4) is 0 Å². The van der Waals surface area contributed by atoms with E-state index in [0.717, 1.165) is 11.3 Å². The highest BCUT2D eigenvalue weighted by Gasteiger charge is 2.51. The van der Waals surface area contributed by atoms with Crippen molar-refractivity contribution in [1.82, 2.24) is 4.90 Å². The molecule has 2 N–H and O–H groups in total. The molecule has 1 unspecified atom stereocenters. The molecular formula is C13H13IN3O2S+. The topological polar surface area (TPSA) is 67.3 Å². The lowest BCUT2D eigenvalue weighted by Gasteiger charge is -2.48. The predicted octanol–water partition coefficient (Wildman–Crippen LogP) is 0.432. The number of pyridine rings is 1. The van der Waals surface area contributed by atoms with Crippen LogP contribution in [0, 0.1) is 0 Å². The number of hydrogen-bond donors (Lipinski definition) is 1. The molecule has 3 heterocycles. The van der Waals surface area contributed by atoms with Crippen molar-refractivity contribution in [1.29, 1.82) is 0 Å². The Balaban J connectivity index is 1.94. The van der Waals surface area contributed by atoms with Crippen LogP contribution in [0.4, 0.5) is 0 Å². The highest BCUT2D eigenvalue weighted by Crippen LogP contribution is 2.40. The van der Waals surface area contributed by atoms with E-state index < -0.39 is 6.04 Å². The molecule has 0 bridgehead atoms. The number of thioether (sulfide) groups is 1. The van der Waals surface area contributed by atoms with Crippen LogP contribution < -0.4 is 10.3 Å². The van der Waals surface area contributed by atoms with Crippen LogP contribution >= 0.6 is 34.4 Å². The van der Waals surface area contributed by atoms with E-state index in [1.54, 1.807) is 39.3 Å². The van der Waals surface area contributed by atoms with Gasteiger partial charge in [0.25, 0.3) is 0 Å². The second kappa shape index (κ2) is 5.45. The standard InChI is InChI=1S/C13H13IN3O2S/c14-11(18)10-8(6-16-4-2-1-3-5-16)7-20-13-9(15)12(19)17(10)13/h1-5,9,13H,6-7,15H2/q+1/t9?,13-/m0/s1. The summed E-state index contributed by atoms with van der Waals surface area (Å²) in [6.07, 6.45) is 3.89. The molecule has 0 spiro atoms. The molecule has 0 aromatic carbocycles. The Bertz CT molecular complexity index is 605. The number of carbonyl (C=O) groups excluding carboxylic acids is 2. The molecule has 2 aliphatic rings. The van der Waals surface area contributed by atoms with Gasteiger partial charge in [0.1, 0.15) is 17.1 Å². The quantitative estimate of drug-likeness (QED) is 0.345. The van der Waals surface area contributed by atoms with Gasteiger partial charge in [-0.3, -0.25) is 14.5 Å². The Kier molecular flexibility index (Phi) is 3.83. The number of rotatable bonds is 3. The van der Waals surface area contributed by atoms with Gasteiger partial charge in [-0.25, -0.2) is 4.57 Å². The van der Waals surface area contributed by atoms with Gasteiger partial charge in [0.2, 0.25) is 9.70 Å². The van der Waals surface area contributed by atoms with Gasteiger partial charge in [-0.05, 0) is 0 Å². The smallest absolute Gasteiger partial charge is 0.248 e. The Hall–Kier alpha value is -0.930. The summed E-state index contributed by atoms with van der Waals surface area (Å²) in [5.41, 5.74) is 7.28. The molecule has 0 saturated carbocycles. The first-order chi connectivity index (χ1) is 9.59. The minimum absolute atomic E-state index is 0.0826. The van der Waals surface area contributed by atoms with Crippen molar-refractivity contribution in [2.45, 2.75) is 18.0 Å². The van der Waals surface area contributed by atoms with Crippen LogP contribution in [0.25, 0.3) is 0 Å². The van der Waals surface area contributed by atoms with E-state index in [2.05, 4.69) is 0 Å². The van der Waals surface area contributed by atoms with Crippen LogP contribution in [-0.4, -0.2) is 31.8 Å². The van der Waals surface area contributed by atoms with Crippen LogP contribution in [0.15, 0.2) is 41.9 Å². The third-order valence-corrected chi connectivity index (χ3v) is 5.30. The molecule has 1 aromatic heterocycles. The Morgan fingerprint density at radius 1 is 1.45 bits per heavy atom. The molecule has 2 aliphatic heterocycles. The molecule has 104 valence electrons. The van der Waals surface area contributed by atoms with Gasteiger partial charge in [0.15, 0.2) is 18.9 Å².